The third-order valence-corrected chi connectivity index (χ3v) is 3.87. The van der Waals surface area contributed by atoms with E-state index >= 15 is 0 Å². The summed E-state index contributed by atoms with van der Waals surface area (Å²) in [4.78, 5) is 7.87. The smallest absolute Gasteiger partial charge is 0.189 e. The Kier molecular flexibility index (Phi) is 4.33. The maximum atomic E-state index is 4.47. The molecule has 18 heavy (non-hydrogen) atoms. The van der Waals surface area contributed by atoms with Crippen LogP contribution in [0.3, 0.4) is 0 Å². The predicted octanol–water partition coefficient (Wildman–Crippen LogP) is 3.33. The van der Waals surface area contributed by atoms with Crippen molar-refractivity contribution in [3.8, 4) is 0 Å². The van der Waals surface area contributed by atoms with Crippen LogP contribution in [-0.2, 0) is 6.54 Å². The van der Waals surface area contributed by atoms with Gasteiger partial charge in [0.25, 0.3) is 0 Å². The van der Waals surface area contributed by atoms with Gasteiger partial charge in [0.15, 0.2) is 5.13 Å². The molecule has 0 saturated carbocycles. The minimum absolute atomic E-state index is 0.899. The maximum absolute atomic E-state index is 4.47. The fourth-order valence-corrected chi connectivity index (χ4v) is 2.52. The van der Waals surface area contributed by atoms with Crippen LogP contribution in [0, 0.1) is 6.92 Å². The lowest BCUT2D eigenvalue weighted by atomic mass is 10.2. The molecule has 0 spiro atoms. The van der Waals surface area contributed by atoms with Gasteiger partial charge in [-0.25, -0.2) is 4.98 Å². The van der Waals surface area contributed by atoms with E-state index in [0.29, 0.717) is 0 Å². The van der Waals surface area contributed by atoms with Crippen molar-refractivity contribution in [3.05, 3.63) is 40.9 Å². The number of aromatic nitrogens is 1. The number of hydrogen-bond donors (Lipinski definition) is 1. The molecule has 0 bridgehead atoms. The first-order chi connectivity index (χ1) is 8.70. The van der Waals surface area contributed by atoms with Gasteiger partial charge >= 0.3 is 0 Å². The Morgan fingerprint density at radius 1 is 1.28 bits per heavy atom. The normalized spacial score (nSPS) is 10.6. The highest BCUT2D eigenvalue weighted by molar-refractivity contribution is 7.15. The van der Waals surface area contributed by atoms with Crippen LogP contribution in [0.2, 0.25) is 0 Å². The van der Waals surface area contributed by atoms with E-state index in [1.54, 1.807) is 11.3 Å². The van der Waals surface area contributed by atoms with Crippen LogP contribution in [0.1, 0.15) is 17.4 Å². The lowest BCUT2D eigenvalue weighted by molar-refractivity contribution is 0.734. The molecule has 0 aliphatic heterocycles. The molecule has 4 heteroatoms. The van der Waals surface area contributed by atoms with E-state index < -0.39 is 0 Å². The zero-order chi connectivity index (χ0) is 13.0. The van der Waals surface area contributed by atoms with Crippen molar-refractivity contribution >= 4 is 22.2 Å². The summed E-state index contributed by atoms with van der Waals surface area (Å²) < 4.78 is 0. The Balaban J connectivity index is 2.10. The second-order valence-electron chi connectivity index (χ2n) is 4.28. The molecule has 0 radical (unpaired) electrons. The van der Waals surface area contributed by atoms with E-state index in [4.69, 9.17) is 0 Å². The molecule has 0 aliphatic rings. The molecule has 2 rings (SSSR count). The van der Waals surface area contributed by atoms with E-state index in [-0.39, 0.29) is 0 Å². The van der Waals surface area contributed by atoms with E-state index in [1.165, 1.54) is 16.1 Å². The van der Waals surface area contributed by atoms with E-state index in [1.807, 2.05) is 6.20 Å². The largest absolute Gasteiger partial charge is 0.321 e. The number of aryl methyl sites for hydroxylation is 1. The lowest BCUT2D eigenvalue weighted by Crippen LogP contribution is -2.10. The molecule has 1 heterocycles. The van der Waals surface area contributed by atoms with Crippen molar-refractivity contribution in [1.29, 1.82) is 0 Å². The summed E-state index contributed by atoms with van der Waals surface area (Å²) in [5, 5.41) is 4.35. The molecule has 0 aliphatic carbocycles. The Labute approximate surface area is 112 Å². The van der Waals surface area contributed by atoms with Gasteiger partial charge in [0.05, 0.1) is 0 Å². The molecule has 96 valence electrons. The van der Waals surface area contributed by atoms with Gasteiger partial charge in [-0.05, 0) is 25.6 Å². The average molecular weight is 261 g/mol. The third-order valence-electron chi connectivity index (χ3n) is 2.80. The van der Waals surface area contributed by atoms with Crippen molar-refractivity contribution in [2.75, 3.05) is 18.5 Å². The van der Waals surface area contributed by atoms with Crippen molar-refractivity contribution in [2.45, 2.75) is 20.4 Å². The summed E-state index contributed by atoms with van der Waals surface area (Å²) >= 11 is 1.73. The number of benzene rings is 1. The zero-order valence-corrected chi connectivity index (χ0v) is 11.9. The Morgan fingerprint density at radius 3 is 2.67 bits per heavy atom. The summed E-state index contributed by atoms with van der Waals surface area (Å²) in [6.45, 7) is 6.10. The molecule has 0 atom stereocenters. The van der Waals surface area contributed by atoms with Gasteiger partial charge in [-0.15, -0.1) is 11.3 Å². The minimum atomic E-state index is 0.899. The first-order valence-corrected chi connectivity index (χ1v) is 6.98. The van der Waals surface area contributed by atoms with Crippen LogP contribution in [0.4, 0.5) is 10.8 Å². The molecule has 1 aromatic heterocycles. The van der Waals surface area contributed by atoms with Crippen LogP contribution < -0.4 is 10.2 Å². The molecule has 3 nitrogen and oxygen atoms in total. The van der Waals surface area contributed by atoms with Crippen LogP contribution in [0.15, 0.2) is 30.5 Å². The van der Waals surface area contributed by atoms with Crippen LogP contribution in [0.5, 0.6) is 0 Å². The highest BCUT2D eigenvalue weighted by Gasteiger charge is 2.08. The summed E-state index contributed by atoms with van der Waals surface area (Å²) in [7, 11) is 2.06. The van der Waals surface area contributed by atoms with E-state index in [9.17, 15) is 0 Å². The molecule has 0 saturated heterocycles. The first kappa shape index (κ1) is 13.1. The number of thiazole rings is 1. The number of hydrogen-bond acceptors (Lipinski definition) is 4. The summed E-state index contributed by atoms with van der Waals surface area (Å²) in [5.41, 5.74) is 2.45. The molecule has 0 fully saturated rings. The monoisotopic (exact) mass is 261 g/mol. The first-order valence-electron chi connectivity index (χ1n) is 6.16. The zero-order valence-electron chi connectivity index (χ0n) is 11.1. The topological polar surface area (TPSA) is 28.2 Å². The van der Waals surface area contributed by atoms with Crippen LogP contribution >= 0.6 is 11.3 Å². The van der Waals surface area contributed by atoms with Gasteiger partial charge in [0.1, 0.15) is 0 Å². The minimum Gasteiger partial charge on any atom is -0.321 e. The van der Waals surface area contributed by atoms with Crippen molar-refractivity contribution < 1.29 is 0 Å². The van der Waals surface area contributed by atoms with Gasteiger partial charge in [-0.3, -0.25) is 0 Å². The average Bonchev–Trinajstić information content (AvgIpc) is 2.85. The Morgan fingerprint density at radius 2 is 2.00 bits per heavy atom. The number of rotatable bonds is 5. The quantitative estimate of drug-likeness (QED) is 0.895. The second kappa shape index (κ2) is 5.98. The Hall–Kier alpha value is -1.39. The van der Waals surface area contributed by atoms with Crippen molar-refractivity contribution in [2.24, 2.45) is 0 Å². The second-order valence-corrected chi connectivity index (χ2v) is 5.38. The maximum Gasteiger partial charge on any atom is 0.189 e. The van der Waals surface area contributed by atoms with Crippen molar-refractivity contribution in [3.63, 3.8) is 0 Å². The van der Waals surface area contributed by atoms with Gasteiger partial charge in [-0.2, -0.15) is 0 Å². The number of nitrogens with zero attached hydrogens (tertiary/aromatic N) is 2. The highest BCUT2D eigenvalue weighted by atomic mass is 32.1. The summed E-state index contributed by atoms with van der Waals surface area (Å²) in [6, 6.07) is 8.50. The highest BCUT2D eigenvalue weighted by Crippen LogP contribution is 2.28. The lowest BCUT2D eigenvalue weighted by Gasteiger charge is -2.15. The molecular weight excluding hydrogens is 242 g/mol. The fourth-order valence-electron chi connectivity index (χ4n) is 1.66. The Bertz CT molecular complexity index is 490. The summed E-state index contributed by atoms with van der Waals surface area (Å²) in [6.07, 6.45) is 1.95. The molecule has 1 N–H and O–H groups in total. The number of nitrogens with one attached hydrogen (secondary N) is 1. The summed E-state index contributed by atoms with van der Waals surface area (Å²) in [5.74, 6) is 0. The third kappa shape index (κ3) is 3.09. The molecule has 0 amide bonds. The molecule has 2 aromatic rings. The molecule has 1 aromatic carbocycles. The van der Waals surface area contributed by atoms with E-state index in [2.05, 4.69) is 60.4 Å². The number of anilines is 2. The SMILES string of the molecule is CCNCc1cnc(N(C)c2ccc(C)cc2)s1. The van der Waals surface area contributed by atoms with Gasteiger partial charge in [-0.1, -0.05) is 24.6 Å². The van der Waals surface area contributed by atoms with E-state index in [0.717, 1.165) is 18.2 Å². The standard InChI is InChI=1S/C14H19N3S/c1-4-15-9-13-10-16-14(18-13)17(3)12-7-5-11(2)6-8-12/h5-8,10,15H,4,9H2,1-3H3. The predicted molar refractivity (Wildman–Crippen MR) is 78.7 cm³/mol. The van der Waals surface area contributed by atoms with Crippen LogP contribution in [0.25, 0.3) is 0 Å². The van der Waals surface area contributed by atoms with Crippen molar-refractivity contribution in [1.82, 2.24) is 10.3 Å². The van der Waals surface area contributed by atoms with Crippen LogP contribution in [-0.4, -0.2) is 18.6 Å². The van der Waals surface area contributed by atoms with Gasteiger partial charge in [0.2, 0.25) is 0 Å². The molecular formula is C14H19N3S. The molecule has 0 unspecified atom stereocenters. The van der Waals surface area contributed by atoms with Gasteiger partial charge < -0.3 is 10.2 Å². The fraction of sp³-hybridized carbons (Fsp3) is 0.357. The van der Waals surface area contributed by atoms with Gasteiger partial charge in [0, 0.05) is 30.4 Å².